The van der Waals surface area contributed by atoms with Gasteiger partial charge in [-0.25, -0.2) is 4.98 Å². The van der Waals surface area contributed by atoms with Gasteiger partial charge in [0.25, 0.3) is 0 Å². The molecular weight excluding hydrogens is 120 g/mol. The number of nitrogens with zero attached hydrogens (tertiary/aromatic N) is 2. The molecule has 0 saturated carbocycles. The molecule has 0 unspecified atom stereocenters. The summed E-state index contributed by atoms with van der Waals surface area (Å²) in [5.41, 5.74) is 0.398. The standard InChI is InChI=1S/C5H8N2O2/c1-7-3-6-2-4(7)5(8)9/h2-3,5,8-9H,1H3. The third kappa shape index (κ3) is 1.09. The van der Waals surface area contributed by atoms with Crippen molar-refractivity contribution in [3.8, 4) is 0 Å². The van der Waals surface area contributed by atoms with Crippen molar-refractivity contribution in [1.82, 2.24) is 9.55 Å². The van der Waals surface area contributed by atoms with Crippen molar-refractivity contribution in [2.24, 2.45) is 7.05 Å². The lowest BCUT2D eigenvalue weighted by Gasteiger charge is -2.01. The summed E-state index contributed by atoms with van der Waals surface area (Å²) in [5, 5.41) is 17.2. The van der Waals surface area contributed by atoms with Crippen molar-refractivity contribution in [3.63, 3.8) is 0 Å². The molecule has 4 heteroatoms. The Hall–Kier alpha value is -0.870. The topological polar surface area (TPSA) is 58.3 Å². The smallest absolute Gasteiger partial charge is 0.195 e. The van der Waals surface area contributed by atoms with Crippen LogP contribution in [0.5, 0.6) is 0 Å². The highest BCUT2D eigenvalue weighted by molar-refractivity contribution is 4.97. The number of hydrogen-bond donors (Lipinski definition) is 2. The number of aliphatic hydroxyl groups excluding tert-OH is 1. The fraction of sp³-hybridized carbons (Fsp3) is 0.400. The molecule has 50 valence electrons. The lowest BCUT2D eigenvalue weighted by Crippen LogP contribution is -2.01. The van der Waals surface area contributed by atoms with E-state index in [4.69, 9.17) is 10.2 Å². The number of rotatable bonds is 1. The molecule has 0 atom stereocenters. The van der Waals surface area contributed by atoms with Gasteiger partial charge in [0, 0.05) is 7.05 Å². The molecule has 0 aromatic carbocycles. The molecule has 0 aliphatic carbocycles. The van der Waals surface area contributed by atoms with E-state index in [0.29, 0.717) is 5.69 Å². The molecule has 4 nitrogen and oxygen atoms in total. The van der Waals surface area contributed by atoms with Crippen LogP contribution >= 0.6 is 0 Å². The molecule has 0 aliphatic rings. The Balaban J connectivity index is 2.94. The molecule has 1 rings (SSSR count). The molecule has 1 heterocycles. The fourth-order valence-corrected chi connectivity index (χ4v) is 0.616. The van der Waals surface area contributed by atoms with Gasteiger partial charge in [-0.2, -0.15) is 0 Å². The normalized spacial score (nSPS) is 10.7. The third-order valence-corrected chi connectivity index (χ3v) is 1.12. The molecular formula is C5H8N2O2. The van der Waals surface area contributed by atoms with E-state index in [1.807, 2.05) is 0 Å². The minimum Gasteiger partial charge on any atom is -0.363 e. The van der Waals surface area contributed by atoms with Gasteiger partial charge in [-0.3, -0.25) is 0 Å². The van der Waals surface area contributed by atoms with Gasteiger partial charge in [0.2, 0.25) is 0 Å². The van der Waals surface area contributed by atoms with Gasteiger partial charge < -0.3 is 14.8 Å². The fourth-order valence-electron chi connectivity index (χ4n) is 0.616. The van der Waals surface area contributed by atoms with Gasteiger partial charge in [-0.05, 0) is 0 Å². The summed E-state index contributed by atoms with van der Waals surface area (Å²) >= 11 is 0. The summed E-state index contributed by atoms with van der Waals surface area (Å²) in [5.74, 6) is 0. The zero-order chi connectivity index (χ0) is 6.85. The van der Waals surface area contributed by atoms with Crippen LogP contribution in [0.3, 0.4) is 0 Å². The minimum atomic E-state index is -1.42. The van der Waals surface area contributed by atoms with Crippen LogP contribution in [0.4, 0.5) is 0 Å². The Morgan fingerprint density at radius 3 is 2.56 bits per heavy atom. The van der Waals surface area contributed by atoms with Gasteiger partial charge in [0.05, 0.1) is 18.2 Å². The van der Waals surface area contributed by atoms with Crippen LogP contribution in [0.2, 0.25) is 0 Å². The van der Waals surface area contributed by atoms with E-state index in [0.717, 1.165) is 0 Å². The maximum atomic E-state index is 8.59. The largest absolute Gasteiger partial charge is 0.363 e. The second-order valence-electron chi connectivity index (χ2n) is 1.80. The van der Waals surface area contributed by atoms with E-state index in [9.17, 15) is 0 Å². The van der Waals surface area contributed by atoms with Gasteiger partial charge in [-0.15, -0.1) is 0 Å². The SMILES string of the molecule is Cn1cncc1C(O)O. The lowest BCUT2D eigenvalue weighted by molar-refractivity contribution is -0.0478. The van der Waals surface area contributed by atoms with E-state index in [2.05, 4.69) is 4.98 Å². The van der Waals surface area contributed by atoms with Gasteiger partial charge in [0.15, 0.2) is 6.29 Å². The van der Waals surface area contributed by atoms with Crippen molar-refractivity contribution in [2.75, 3.05) is 0 Å². The maximum Gasteiger partial charge on any atom is 0.195 e. The average Bonchev–Trinajstić information content (AvgIpc) is 2.13. The third-order valence-electron chi connectivity index (χ3n) is 1.12. The number of aliphatic hydroxyl groups is 2. The molecule has 2 N–H and O–H groups in total. The highest BCUT2D eigenvalue weighted by Gasteiger charge is 2.04. The van der Waals surface area contributed by atoms with Crippen LogP contribution in [0, 0.1) is 0 Å². The predicted molar refractivity (Wildman–Crippen MR) is 30.4 cm³/mol. The summed E-state index contributed by atoms with van der Waals surface area (Å²) in [6, 6.07) is 0. The molecule has 0 fully saturated rings. The molecule has 0 saturated heterocycles. The maximum absolute atomic E-state index is 8.59. The molecule has 0 aliphatic heterocycles. The first-order valence-electron chi connectivity index (χ1n) is 2.54. The zero-order valence-electron chi connectivity index (χ0n) is 5.02. The van der Waals surface area contributed by atoms with E-state index in [1.54, 1.807) is 11.6 Å². The van der Waals surface area contributed by atoms with Crippen LogP contribution in [0.15, 0.2) is 12.5 Å². The highest BCUT2D eigenvalue weighted by atomic mass is 16.5. The van der Waals surface area contributed by atoms with Crippen LogP contribution in [-0.2, 0) is 7.05 Å². The van der Waals surface area contributed by atoms with E-state index in [1.165, 1.54) is 12.5 Å². The first kappa shape index (κ1) is 6.25. The monoisotopic (exact) mass is 128 g/mol. The molecule has 0 amide bonds. The average molecular weight is 128 g/mol. The Labute approximate surface area is 52.4 Å². The lowest BCUT2D eigenvalue weighted by atomic mass is 10.5. The minimum absolute atomic E-state index is 0.398. The second-order valence-corrected chi connectivity index (χ2v) is 1.80. The zero-order valence-corrected chi connectivity index (χ0v) is 5.02. The first-order chi connectivity index (χ1) is 4.22. The highest BCUT2D eigenvalue weighted by Crippen LogP contribution is 2.05. The molecule has 0 spiro atoms. The van der Waals surface area contributed by atoms with Gasteiger partial charge in [-0.1, -0.05) is 0 Å². The number of aryl methyl sites for hydroxylation is 1. The van der Waals surface area contributed by atoms with Gasteiger partial charge in [0.1, 0.15) is 0 Å². The molecule has 1 aromatic heterocycles. The van der Waals surface area contributed by atoms with Crippen LogP contribution < -0.4 is 0 Å². The van der Waals surface area contributed by atoms with E-state index >= 15 is 0 Å². The summed E-state index contributed by atoms with van der Waals surface area (Å²) in [6.07, 6.45) is 1.50. The summed E-state index contributed by atoms with van der Waals surface area (Å²) in [4.78, 5) is 3.69. The first-order valence-corrected chi connectivity index (χ1v) is 2.54. The van der Waals surface area contributed by atoms with Gasteiger partial charge >= 0.3 is 0 Å². The van der Waals surface area contributed by atoms with Crippen molar-refractivity contribution in [3.05, 3.63) is 18.2 Å². The van der Waals surface area contributed by atoms with E-state index in [-0.39, 0.29) is 0 Å². The summed E-state index contributed by atoms with van der Waals surface area (Å²) in [7, 11) is 1.70. The Kier molecular flexibility index (Phi) is 1.50. The molecule has 1 aromatic rings. The number of hydrogen-bond acceptors (Lipinski definition) is 3. The Bertz CT molecular complexity index is 195. The Morgan fingerprint density at radius 1 is 1.67 bits per heavy atom. The molecule has 0 radical (unpaired) electrons. The summed E-state index contributed by atoms with van der Waals surface area (Å²) < 4.78 is 1.55. The predicted octanol–water partition coefficient (Wildman–Crippen LogP) is -0.597. The van der Waals surface area contributed by atoms with E-state index < -0.39 is 6.29 Å². The van der Waals surface area contributed by atoms with Crippen molar-refractivity contribution < 1.29 is 10.2 Å². The van der Waals surface area contributed by atoms with Crippen molar-refractivity contribution in [2.45, 2.75) is 6.29 Å². The number of aromatic nitrogens is 2. The van der Waals surface area contributed by atoms with Crippen molar-refractivity contribution in [1.29, 1.82) is 0 Å². The Morgan fingerprint density at radius 2 is 2.33 bits per heavy atom. The second kappa shape index (κ2) is 2.16. The summed E-state index contributed by atoms with van der Waals surface area (Å²) in [6.45, 7) is 0. The van der Waals surface area contributed by atoms with Crippen molar-refractivity contribution >= 4 is 0 Å². The van der Waals surface area contributed by atoms with Crippen LogP contribution in [0.1, 0.15) is 12.0 Å². The molecule has 0 bridgehead atoms. The van der Waals surface area contributed by atoms with Crippen LogP contribution in [0.25, 0.3) is 0 Å². The van der Waals surface area contributed by atoms with Crippen LogP contribution in [-0.4, -0.2) is 19.8 Å². The quantitative estimate of drug-likeness (QED) is 0.497. The molecule has 9 heavy (non-hydrogen) atoms. The number of imidazole rings is 1.